The number of para-hydroxylation sites is 2. The monoisotopic (exact) mass is 377 g/mol. The third-order valence-electron chi connectivity index (χ3n) is 3.98. The standard InChI is InChI=1S/C20H31N3O2S/c1-15(2)10-12-23-18-9-6-5-8-17(18)22-20(23)26-14-19(24)21-11-7-13-25-16(3)4/h5-6,8-9,15-16H,7,10-14H2,1-4H3,(H,21,24). The molecule has 5 nitrogen and oxygen atoms in total. The summed E-state index contributed by atoms with van der Waals surface area (Å²) in [7, 11) is 0. The van der Waals surface area contributed by atoms with Crippen LogP contribution in [0.2, 0.25) is 0 Å². The second-order valence-electron chi connectivity index (χ2n) is 7.13. The van der Waals surface area contributed by atoms with Crippen LogP contribution in [0.5, 0.6) is 0 Å². The Balaban J connectivity index is 1.88. The van der Waals surface area contributed by atoms with Crippen LogP contribution in [0.25, 0.3) is 11.0 Å². The van der Waals surface area contributed by atoms with E-state index in [1.807, 2.05) is 32.0 Å². The van der Waals surface area contributed by atoms with Gasteiger partial charge in [-0.05, 0) is 44.7 Å². The van der Waals surface area contributed by atoms with Gasteiger partial charge >= 0.3 is 0 Å². The lowest BCUT2D eigenvalue weighted by molar-refractivity contribution is -0.118. The van der Waals surface area contributed by atoms with E-state index < -0.39 is 0 Å². The smallest absolute Gasteiger partial charge is 0.230 e. The molecular formula is C20H31N3O2S. The van der Waals surface area contributed by atoms with Gasteiger partial charge in [0.2, 0.25) is 5.91 Å². The summed E-state index contributed by atoms with van der Waals surface area (Å²) in [5.74, 6) is 1.06. The van der Waals surface area contributed by atoms with Gasteiger partial charge < -0.3 is 14.6 Å². The zero-order chi connectivity index (χ0) is 18.9. The van der Waals surface area contributed by atoms with Crippen molar-refractivity contribution in [1.29, 1.82) is 0 Å². The Morgan fingerprint density at radius 3 is 2.77 bits per heavy atom. The summed E-state index contributed by atoms with van der Waals surface area (Å²) in [6, 6.07) is 8.17. The minimum absolute atomic E-state index is 0.0435. The lowest BCUT2D eigenvalue weighted by atomic mass is 10.1. The lowest BCUT2D eigenvalue weighted by Gasteiger charge is -2.11. The number of imidazole rings is 1. The van der Waals surface area contributed by atoms with Gasteiger partial charge in [0.1, 0.15) is 0 Å². The molecule has 2 rings (SSSR count). The number of ether oxygens (including phenoxy) is 1. The van der Waals surface area contributed by atoms with Gasteiger partial charge in [-0.1, -0.05) is 37.7 Å². The Morgan fingerprint density at radius 2 is 2.04 bits per heavy atom. The quantitative estimate of drug-likeness (QED) is 0.473. The van der Waals surface area contributed by atoms with Crippen LogP contribution < -0.4 is 5.32 Å². The number of carbonyl (C=O) groups excluding carboxylic acids is 1. The Bertz CT molecular complexity index is 697. The summed E-state index contributed by atoms with van der Waals surface area (Å²) in [4.78, 5) is 16.8. The van der Waals surface area contributed by atoms with E-state index in [-0.39, 0.29) is 12.0 Å². The van der Waals surface area contributed by atoms with Crippen LogP contribution in [0.15, 0.2) is 29.4 Å². The number of aromatic nitrogens is 2. The first kappa shape index (κ1) is 20.8. The Hall–Kier alpha value is -1.53. The van der Waals surface area contributed by atoms with E-state index >= 15 is 0 Å². The van der Waals surface area contributed by atoms with Crippen molar-refractivity contribution in [3.05, 3.63) is 24.3 Å². The fraction of sp³-hybridized carbons (Fsp3) is 0.600. The molecule has 1 aromatic heterocycles. The fourth-order valence-electron chi connectivity index (χ4n) is 2.57. The van der Waals surface area contributed by atoms with Crippen molar-refractivity contribution in [3.63, 3.8) is 0 Å². The zero-order valence-corrected chi connectivity index (χ0v) is 17.1. The van der Waals surface area contributed by atoms with E-state index in [9.17, 15) is 4.79 Å². The van der Waals surface area contributed by atoms with Crippen LogP contribution in [0.1, 0.15) is 40.5 Å². The first-order chi connectivity index (χ1) is 12.5. The van der Waals surface area contributed by atoms with Gasteiger partial charge in [-0.25, -0.2) is 4.98 Å². The molecule has 1 aromatic carbocycles. The number of thioether (sulfide) groups is 1. The normalized spacial score (nSPS) is 11.6. The molecule has 6 heteroatoms. The maximum Gasteiger partial charge on any atom is 0.230 e. The third kappa shape index (κ3) is 6.65. The number of hydrogen-bond donors (Lipinski definition) is 1. The Labute approximate surface area is 160 Å². The molecule has 0 radical (unpaired) electrons. The number of fused-ring (bicyclic) bond motifs is 1. The molecule has 1 heterocycles. The molecule has 0 saturated heterocycles. The molecule has 0 fully saturated rings. The molecule has 0 spiro atoms. The molecule has 0 atom stereocenters. The van der Waals surface area contributed by atoms with Crippen molar-refractivity contribution in [2.75, 3.05) is 18.9 Å². The largest absolute Gasteiger partial charge is 0.379 e. The minimum Gasteiger partial charge on any atom is -0.379 e. The van der Waals surface area contributed by atoms with Crippen molar-refractivity contribution in [3.8, 4) is 0 Å². The molecular weight excluding hydrogens is 346 g/mol. The minimum atomic E-state index is 0.0435. The topological polar surface area (TPSA) is 56.2 Å². The van der Waals surface area contributed by atoms with Crippen LogP contribution in [0.3, 0.4) is 0 Å². The molecule has 0 aliphatic heterocycles. The van der Waals surface area contributed by atoms with Crippen LogP contribution in [-0.2, 0) is 16.1 Å². The average molecular weight is 378 g/mol. The van der Waals surface area contributed by atoms with Crippen LogP contribution in [0.4, 0.5) is 0 Å². The molecule has 1 amide bonds. The van der Waals surface area contributed by atoms with E-state index in [0.717, 1.165) is 35.6 Å². The highest BCUT2D eigenvalue weighted by Crippen LogP contribution is 2.25. The highest BCUT2D eigenvalue weighted by molar-refractivity contribution is 7.99. The second kappa shape index (κ2) is 10.6. The number of hydrogen-bond acceptors (Lipinski definition) is 4. The number of aryl methyl sites for hydroxylation is 1. The van der Waals surface area contributed by atoms with E-state index in [2.05, 4.69) is 29.8 Å². The highest BCUT2D eigenvalue weighted by Gasteiger charge is 2.13. The molecule has 2 aromatic rings. The summed E-state index contributed by atoms with van der Waals surface area (Å²) in [5.41, 5.74) is 2.13. The predicted molar refractivity (Wildman–Crippen MR) is 109 cm³/mol. The van der Waals surface area contributed by atoms with E-state index in [1.54, 1.807) is 0 Å². The van der Waals surface area contributed by atoms with Crippen molar-refractivity contribution < 1.29 is 9.53 Å². The average Bonchev–Trinajstić information content (AvgIpc) is 2.95. The van der Waals surface area contributed by atoms with Gasteiger partial charge in [-0.2, -0.15) is 0 Å². The van der Waals surface area contributed by atoms with Gasteiger partial charge in [-0.15, -0.1) is 0 Å². The van der Waals surface area contributed by atoms with Gasteiger partial charge in [0.05, 0.1) is 22.9 Å². The number of nitrogens with one attached hydrogen (secondary N) is 1. The molecule has 0 aliphatic carbocycles. The van der Waals surface area contributed by atoms with Gasteiger partial charge in [0, 0.05) is 19.7 Å². The Morgan fingerprint density at radius 1 is 1.27 bits per heavy atom. The van der Waals surface area contributed by atoms with E-state index in [4.69, 9.17) is 9.72 Å². The number of benzene rings is 1. The highest BCUT2D eigenvalue weighted by atomic mass is 32.2. The molecule has 0 aliphatic rings. The molecule has 1 N–H and O–H groups in total. The summed E-state index contributed by atoms with van der Waals surface area (Å²) >= 11 is 1.51. The third-order valence-corrected chi connectivity index (χ3v) is 4.95. The van der Waals surface area contributed by atoms with Gasteiger partial charge in [-0.3, -0.25) is 4.79 Å². The molecule has 0 bridgehead atoms. The van der Waals surface area contributed by atoms with Crippen molar-refractivity contribution in [2.24, 2.45) is 5.92 Å². The molecule has 0 unspecified atom stereocenters. The van der Waals surface area contributed by atoms with Crippen LogP contribution >= 0.6 is 11.8 Å². The zero-order valence-electron chi connectivity index (χ0n) is 16.3. The predicted octanol–water partition coefficient (Wildman–Crippen LogP) is 4.11. The second-order valence-corrected chi connectivity index (χ2v) is 8.07. The summed E-state index contributed by atoms with van der Waals surface area (Å²) in [6.07, 6.45) is 2.16. The lowest BCUT2D eigenvalue weighted by Crippen LogP contribution is -2.27. The van der Waals surface area contributed by atoms with Crippen molar-refractivity contribution in [1.82, 2.24) is 14.9 Å². The van der Waals surface area contributed by atoms with Gasteiger partial charge in [0.15, 0.2) is 5.16 Å². The van der Waals surface area contributed by atoms with E-state index in [1.165, 1.54) is 11.8 Å². The maximum atomic E-state index is 12.1. The van der Waals surface area contributed by atoms with Crippen LogP contribution in [-0.4, -0.2) is 40.5 Å². The first-order valence-corrected chi connectivity index (χ1v) is 10.4. The summed E-state index contributed by atoms with van der Waals surface area (Å²) < 4.78 is 7.72. The fourth-order valence-corrected chi connectivity index (χ4v) is 3.44. The number of carbonyl (C=O) groups is 1. The van der Waals surface area contributed by atoms with Gasteiger partial charge in [0.25, 0.3) is 0 Å². The first-order valence-electron chi connectivity index (χ1n) is 9.43. The molecule has 26 heavy (non-hydrogen) atoms. The van der Waals surface area contributed by atoms with Crippen LogP contribution in [0, 0.1) is 5.92 Å². The van der Waals surface area contributed by atoms with Crippen molar-refractivity contribution in [2.45, 2.75) is 58.3 Å². The maximum absolute atomic E-state index is 12.1. The SMILES string of the molecule is CC(C)CCn1c(SCC(=O)NCCCOC(C)C)nc2ccccc21. The number of rotatable bonds is 11. The summed E-state index contributed by atoms with van der Waals surface area (Å²) in [5, 5.41) is 3.87. The number of amides is 1. The number of nitrogens with zero attached hydrogens (tertiary/aromatic N) is 2. The molecule has 0 saturated carbocycles. The molecule has 144 valence electrons. The van der Waals surface area contributed by atoms with E-state index in [0.29, 0.717) is 24.8 Å². The Kier molecular flexibility index (Phi) is 8.45. The van der Waals surface area contributed by atoms with Crippen molar-refractivity contribution >= 4 is 28.7 Å². The summed E-state index contributed by atoms with van der Waals surface area (Å²) in [6.45, 7) is 10.7.